The lowest BCUT2D eigenvalue weighted by molar-refractivity contribution is 0.184. The van der Waals surface area contributed by atoms with Crippen LogP contribution in [0.3, 0.4) is 0 Å². The second-order valence-electron chi connectivity index (χ2n) is 10.4. The fraction of sp³-hybridized carbons (Fsp3) is 0.333. The Hall–Kier alpha value is -4.24. The number of aliphatic hydroxyl groups excluding tert-OH is 2. The molecule has 4 aromatic rings. The molecule has 0 bridgehead atoms. The molecule has 0 amide bonds. The van der Waals surface area contributed by atoms with Crippen LogP contribution in [-0.4, -0.2) is 67.2 Å². The van der Waals surface area contributed by atoms with E-state index in [1.165, 1.54) is 6.07 Å². The quantitative estimate of drug-likeness (QED) is 0.0917. The van der Waals surface area contributed by atoms with Gasteiger partial charge in [0.25, 0.3) is 0 Å². The van der Waals surface area contributed by atoms with Gasteiger partial charge in [0, 0.05) is 38.9 Å². The molecule has 4 N–H and O–H groups in total. The third-order valence-electron chi connectivity index (χ3n) is 7.12. The number of hydrogen-bond acceptors (Lipinski definition) is 8. The first-order valence-corrected chi connectivity index (χ1v) is 15.0. The Morgan fingerprint density at radius 1 is 0.500 bits per heavy atom. The number of benzene rings is 4. The molecule has 0 aliphatic carbocycles. The molecule has 0 radical (unpaired) electrons. The molecule has 44 heavy (non-hydrogen) atoms. The molecule has 4 rings (SSSR count). The summed E-state index contributed by atoms with van der Waals surface area (Å²) in [6, 6.07) is 24.7. The van der Waals surface area contributed by atoms with Gasteiger partial charge in [-0.15, -0.1) is 0 Å². The monoisotopic (exact) mass is 602 g/mol. The zero-order chi connectivity index (χ0) is 31.1. The van der Waals surface area contributed by atoms with E-state index in [1.54, 1.807) is 25.3 Å². The van der Waals surface area contributed by atoms with Crippen LogP contribution in [0.15, 0.2) is 78.9 Å². The van der Waals surface area contributed by atoms with Crippen molar-refractivity contribution in [2.75, 3.05) is 46.8 Å². The first-order valence-electron chi connectivity index (χ1n) is 15.0. The SMILES string of the molecule is COCCCCOc1ccc(-c2ccc(-c3cc(O)c(OCCCCO)c(-c4ccc(O)c(OCCCO)c4)c3)cc2)cc1. The topological polar surface area (TPSA) is 118 Å². The average molecular weight is 603 g/mol. The highest BCUT2D eigenvalue weighted by Gasteiger charge is 2.17. The largest absolute Gasteiger partial charge is 0.504 e. The van der Waals surface area contributed by atoms with E-state index in [4.69, 9.17) is 29.2 Å². The Bertz CT molecular complexity index is 1430. The normalized spacial score (nSPS) is 11.0. The van der Waals surface area contributed by atoms with Crippen LogP contribution in [0.2, 0.25) is 0 Å². The van der Waals surface area contributed by atoms with E-state index in [1.807, 2.05) is 54.6 Å². The minimum atomic E-state index is -0.0188. The highest BCUT2D eigenvalue weighted by Crippen LogP contribution is 2.44. The number of phenols is 2. The summed E-state index contributed by atoms with van der Waals surface area (Å²) >= 11 is 0. The van der Waals surface area contributed by atoms with Gasteiger partial charge in [-0.3, -0.25) is 0 Å². The molecule has 0 heterocycles. The fourth-order valence-corrected chi connectivity index (χ4v) is 4.72. The second kappa shape index (κ2) is 17.2. The van der Waals surface area contributed by atoms with Crippen molar-refractivity contribution in [2.45, 2.75) is 32.1 Å². The predicted octanol–water partition coefficient (Wildman–Crippen LogP) is 6.82. The van der Waals surface area contributed by atoms with Gasteiger partial charge in [0.2, 0.25) is 0 Å². The molecule has 0 atom stereocenters. The average Bonchev–Trinajstić information content (AvgIpc) is 3.05. The fourth-order valence-electron chi connectivity index (χ4n) is 4.72. The molecular formula is C36H42O8. The molecule has 8 heteroatoms. The van der Waals surface area contributed by atoms with Gasteiger partial charge in [0.15, 0.2) is 23.0 Å². The van der Waals surface area contributed by atoms with Crippen molar-refractivity contribution in [3.05, 3.63) is 78.9 Å². The van der Waals surface area contributed by atoms with Gasteiger partial charge in [-0.2, -0.15) is 0 Å². The summed E-state index contributed by atoms with van der Waals surface area (Å²) in [5, 5.41) is 39.7. The summed E-state index contributed by atoms with van der Waals surface area (Å²) in [6.07, 6.45) is 3.56. The van der Waals surface area contributed by atoms with Crippen molar-refractivity contribution in [1.29, 1.82) is 0 Å². The van der Waals surface area contributed by atoms with Crippen LogP contribution < -0.4 is 14.2 Å². The van der Waals surface area contributed by atoms with Crippen molar-refractivity contribution in [2.24, 2.45) is 0 Å². The predicted molar refractivity (Wildman–Crippen MR) is 172 cm³/mol. The first-order chi connectivity index (χ1) is 21.5. The van der Waals surface area contributed by atoms with Crippen molar-refractivity contribution in [3.8, 4) is 62.1 Å². The van der Waals surface area contributed by atoms with Gasteiger partial charge < -0.3 is 39.4 Å². The van der Waals surface area contributed by atoms with Gasteiger partial charge in [-0.05, 0) is 89.9 Å². The Kier molecular flexibility index (Phi) is 12.7. The number of aliphatic hydroxyl groups is 2. The van der Waals surface area contributed by atoms with Crippen molar-refractivity contribution < 1.29 is 39.4 Å². The van der Waals surface area contributed by atoms with Gasteiger partial charge in [0.05, 0.1) is 19.8 Å². The number of phenolic OH excluding ortho intramolecular Hbond substituents is 2. The molecule has 0 unspecified atom stereocenters. The Morgan fingerprint density at radius 2 is 1.07 bits per heavy atom. The molecule has 0 fully saturated rings. The van der Waals surface area contributed by atoms with Gasteiger partial charge >= 0.3 is 0 Å². The number of ether oxygens (including phenoxy) is 4. The lowest BCUT2D eigenvalue weighted by Crippen LogP contribution is -2.02. The minimum absolute atomic E-state index is 0.0146. The molecule has 8 nitrogen and oxygen atoms in total. The summed E-state index contributed by atoms with van der Waals surface area (Å²) in [4.78, 5) is 0. The molecule has 234 valence electrons. The zero-order valence-corrected chi connectivity index (χ0v) is 25.2. The minimum Gasteiger partial charge on any atom is -0.504 e. The summed E-state index contributed by atoms with van der Waals surface area (Å²) in [5.41, 5.74) is 5.14. The number of hydrogen-bond donors (Lipinski definition) is 4. The van der Waals surface area contributed by atoms with Gasteiger partial charge in [-0.25, -0.2) is 0 Å². The van der Waals surface area contributed by atoms with Gasteiger partial charge in [0.1, 0.15) is 5.75 Å². The molecule has 0 saturated carbocycles. The maximum absolute atomic E-state index is 11.1. The van der Waals surface area contributed by atoms with Gasteiger partial charge in [-0.1, -0.05) is 42.5 Å². The highest BCUT2D eigenvalue weighted by atomic mass is 16.5. The highest BCUT2D eigenvalue weighted by molar-refractivity contribution is 5.82. The van der Waals surface area contributed by atoms with E-state index in [2.05, 4.69) is 0 Å². The van der Waals surface area contributed by atoms with E-state index in [0.29, 0.717) is 49.4 Å². The zero-order valence-electron chi connectivity index (χ0n) is 25.2. The molecule has 0 saturated heterocycles. The van der Waals surface area contributed by atoms with Crippen LogP contribution in [0.25, 0.3) is 33.4 Å². The lowest BCUT2D eigenvalue weighted by Gasteiger charge is -2.17. The van der Waals surface area contributed by atoms with E-state index < -0.39 is 0 Å². The molecule has 4 aromatic carbocycles. The Morgan fingerprint density at radius 3 is 1.75 bits per heavy atom. The van der Waals surface area contributed by atoms with Crippen LogP contribution in [0, 0.1) is 0 Å². The van der Waals surface area contributed by atoms with E-state index >= 15 is 0 Å². The molecule has 0 aliphatic rings. The Balaban J connectivity index is 1.58. The van der Waals surface area contributed by atoms with Crippen LogP contribution >= 0.6 is 0 Å². The van der Waals surface area contributed by atoms with Crippen LogP contribution in [0.1, 0.15) is 32.1 Å². The first kappa shape index (κ1) is 32.7. The van der Waals surface area contributed by atoms with Crippen LogP contribution in [0.4, 0.5) is 0 Å². The number of unbranched alkanes of at least 4 members (excludes halogenated alkanes) is 2. The maximum atomic E-state index is 11.1. The smallest absolute Gasteiger partial charge is 0.168 e. The number of rotatable bonds is 18. The number of methoxy groups -OCH3 is 1. The maximum Gasteiger partial charge on any atom is 0.168 e. The summed E-state index contributed by atoms with van der Waals surface area (Å²) in [7, 11) is 1.70. The number of aromatic hydroxyl groups is 2. The van der Waals surface area contributed by atoms with Crippen LogP contribution in [0.5, 0.6) is 28.7 Å². The third kappa shape index (κ3) is 9.13. The summed E-state index contributed by atoms with van der Waals surface area (Å²) in [5.74, 6) is 1.39. The van der Waals surface area contributed by atoms with E-state index in [-0.39, 0.29) is 37.1 Å². The van der Waals surface area contributed by atoms with Crippen molar-refractivity contribution in [3.63, 3.8) is 0 Å². The third-order valence-corrected chi connectivity index (χ3v) is 7.12. The van der Waals surface area contributed by atoms with Crippen LogP contribution in [-0.2, 0) is 4.74 Å². The molecule has 0 spiro atoms. The van der Waals surface area contributed by atoms with E-state index in [9.17, 15) is 10.2 Å². The van der Waals surface area contributed by atoms with Crippen molar-refractivity contribution in [1.82, 2.24) is 0 Å². The lowest BCUT2D eigenvalue weighted by atomic mass is 9.95. The second-order valence-corrected chi connectivity index (χ2v) is 10.4. The Labute approximate surface area is 259 Å². The summed E-state index contributed by atoms with van der Waals surface area (Å²) in [6.45, 7) is 2.01. The summed E-state index contributed by atoms with van der Waals surface area (Å²) < 4.78 is 22.6. The van der Waals surface area contributed by atoms with E-state index in [0.717, 1.165) is 47.5 Å². The molecule has 0 aliphatic heterocycles. The standard InChI is InChI=1S/C36H42O8/c1-41-19-4-5-20-42-31-14-11-27(12-15-31)26-7-9-28(10-8-26)30-23-32(36(34(40)24-30)44-21-3-2-17-37)29-13-16-33(39)35(25-29)43-22-6-18-38/h7-16,23-25,37-40H,2-6,17-22H2,1H3. The molecule has 0 aromatic heterocycles. The molecular weight excluding hydrogens is 560 g/mol. The van der Waals surface area contributed by atoms with Crippen molar-refractivity contribution >= 4 is 0 Å².